The molecule has 4 aromatic carbocycles. The lowest BCUT2D eigenvalue weighted by atomic mass is 10.1. The van der Waals surface area contributed by atoms with Crippen LogP contribution in [0.2, 0.25) is 0 Å². The van der Waals surface area contributed by atoms with Gasteiger partial charge in [-0.1, -0.05) is 30.3 Å². The second kappa shape index (κ2) is 15.3. The molecule has 0 unspecified atom stereocenters. The number of hydrogen-bond donors (Lipinski definition) is 2. The van der Waals surface area contributed by atoms with Gasteiger partial charge in [-0.15, -0.1) is 0 Å². The van der Waals surface area contributed by atoms with E-state index in [0.29, 0.717) is 33.7 Å². The number of nitrogens with zero attached hydrogens (tertiary/aromatic N) is 1. The molecule has 11 nitrogen and oxygen atoms in total. The number of amides is 2. The second-order valence-electron chi connectivity index (χ2n) is 9.66. The Morgan fingerprint density at radius 3 is 2.04 bits per heavy atom. The van der Waals surface area contributed by atoms with Crippen LogP contribution in [0.5, 0.6) is 17.2 Å². The van der Waals surface area contributed by atoms with Crippen molar-refractivity contribution < 1.29 is 37.8 Å². The minimum Gasteiger partial charge on any atom is -0.497 e. The zero-order chi connectivity index (χ0) is 33.0. The summed E-state index contributed by atoms with van der Waals surface area (Å²) in [4.78, 5) is 50.0. The van der Waals surface area contributed by atoms with Crippen LogP contribution in [-0.4, -0.2) is 37.1 Å². The lowest BCUT2D eigenvalue weighted by molar-refractivity contribution is -0.128. The van der Waals surface area contributed by atoms with Gasteiger partial charge in [0.05, 0.1) is 25.2 Å². The highest BCUT2D eigenvalue weighted by molar-refractivity contribution is 6.02. The van der Waals surface area contributed by atoms with Crippen molar-refractivity contribution in [2.45, 2.75) is 0 Å². The molecule has 1 heterocycles. The number of methoxy groups -OCH3 is 1. The van der Waals surface area contributed by atoms with E-state index >= 15 is 0 Å². The van der Waals surface area contributed by atoms with Gasteiger partial charge in [0.25, 0.3) is 11.8 Å². The maximum atomic E-state index is 12.7. The number of hydrazone groups is 1. The summed E-state index contributed by atoms with van der Waals surface area (Å²) in [5, 5.41) is 6.66. The topological polar surface area (TPSA) is 146 Å². The summed E-state index contributed by atoms with van der Waals surface area (Å²) < 4.78 is 21.2. The van der Waals surface area contributed by atoms with Gasteiger partial charge in [-0.25, -0.2) is 15.0 Å². The SMILES string of the molecule is COc1ccc(C(=O)Oc2ccccc2/C=C/C(=O)Oc2ccccc2/C=N/NC(=O)c2ccc(NC(=O)c3ccco3)cc2)cc1. The molecule has 11 heteroatoms. The lowest BCUT2D eigenvalue weighted by Gasteiger charge is -2.08. The van der Waals surface area contributed by atoms with Crippen molar-refractivity contribution in [3.63, 3.8) is 0 Å². The Hall–Kier alpha value is -6.75. The second-order valence-corrected chi connectivity index (χ2v) is 9.66. The van der Waals surface area contributed by atoms with Crippen molar-refractivity contribution in [1.82, 2.24) is 5.43 Å². The molecule has 47 heavy (non-hydrogen) atoms. The van der Waals surface area contributed by atoms with Crippen LogP contribution < -0.4 is 25.0 Å². The molecule has 1 aromatic heterocycles. The van der Waals surface area contributed by atoms with E-state index in [1.165, 1.54) is 49.9 Å². The van der Waals surface area contributed by atoms with E-state index < -0.39 is 23.8 Å². The van der Waals surface area contributed by atoms with Gasteiger partial charge < -0.3 is 23.9 Å². The van der Waals surface area contributed by atoms with Crippen LogP contribution in [0.15, 0.2) is 131 Å². The van der Waals surface area contributed by atoms with Crippen molar-refractivity contribution in [3.8, 4) is 17.2 Å². The zero-order valence-corrected chi connectivity index (χ0v) is 24.9. The number of benzene rings is 4. The van der Waals surface area contributed by atoms with Crippen LogP contribution in [0.3, 0.4) is 0 Å². The quantitative estimate of drug-likeness (QED) is 0.0583. The molecule has 0 spiro atoms. The zero-order valence-electron chi connectivity index (χ0n) is 24.9. The van der Waals surface area contributed by atoms with Gasteiger partial charge in [0, 0.05) is 28.5 Å². The van der Waals surface area contributed by atoms with Crippen molar-refractivity contribution in [1.29, 1.82) is 0 Å². The minimum absolute atomic E-state index is 0.164. The van der Waals surface area contributed by atoms with Gasteiger partial charge >= 0.3 is 11.9 Å². The Labute approximate surface area is 269 Å². The number of carbonyl (C=O) groups excluding carboxylic acids is 4. The molecule has 0 aliphatic carbocycles. The summed E-state index contributed by atoms with van der Waals surface area (Å²) in [5.41, 5.74) is 4.46. The molecule has 0 saturated heterocycles. The van der Waals surface area contributed by atoms with Crippen molar-refractivity contribution in [2.75, 3.05) is 12.4 Å². The Kier molecular flexibility index (Phi) is 10.3. The summed E-state index contributed by atoms with van der Waals surface area (Å²) >= 11 is 0. The molecule has 234 valence electrons. The molecule has 0 atom stereocenters. The number of nitrogens with one attached hydrogen (secondary N) is 2. The fourth-order valence-electron chi connectivity index (χ4n) is 4.11. The predicted molar refractivity (Wildman–Crippen MR) is 174 cm³/mol. The molecular formula is C36H27N3O8. The van der Waals surface area contributed by atoms with Crippen LogP contribution in [0.25, 0.3) is 6.08 Å². The largest absolute Gasteiger partial charge is 0.497 e. The molecule has 0 aliphatic rings. The van der Waals surface area contributed by atoms with E-state index in [-0.39, 0.29) is 17.3 Å². The Morgan fingerprint density at radius 1 is 0.702 bits per heavy atom. The maximum absolute atomic E-state index is 12.7. The fraction of sp³-hybridized carbons (Fsp3) is 0.0278. The highest BCUT2D eigenvalue weighted by atomic mass is 16.5. The van der Waals surface area contributed by atoms with Gasteiger partial charge in [-0.3, -0.25) is 9.59 Å². The van der Waals surface area contributed by atoms with Crippen LogP contribution in [-0.2, 0) is 4.79 Å². The molecule has 0 fully saturated rings. The summed E-state index contributed by atoms with van der Waals surface area (Å²) in [5.74, 6) is -0.925. The third-order valence-electron chi connectivity index (χ3n) is 6.50. The Morgan fingerprint density at radius 2 is 1.36 bits per heavy atom. The number of para-hydroxylation sites is 2. The molecule has 2 N–H and O–H groups in total. The first-order valence-corrected chi connectivity index (χ1v) is 14.1. The summed E-state index contributed by atoms with van der Waals surface area (Å²) in [7, 11) is 1.53. The molecule has 0 bridgehead atoms. The monoisotopic (exact) mass is 629 g/mol. The van der Waals surface area contributed by atoms with Crippen LogP contribution >= 0.6 is 0 Å². The average Bonchev–Trinajstić information content (AvgIpc) is 3.65. The molecule has 0 saturated carbocycles. The van der Waals surface area contributed by atoms with E-state index in [1.807, 2.05) is 0 Å². The van der Waals surface area contributed by atoms with Crippen LogP contribution in [0.4, 0.5) is 5.69 Å². The molecule has 5 aromatic rings. The number of esters is 2. The molecule has 2 amide bonds. The Bertz CT molecular complexity index is 1930. The first kappa shape index (κ1) is 31.7. The van der Waals surface area contributed by atoms with E-state index in [1.54, 1.807) is 91.0 Å². The van der Waals surface area contributed by atoms with E-state index in [2.05, 4.69) is 15.8 Å². The highest BCUT2D eigenvalue weighted by Crippen LogP contribution is 2.22. The summed E-state index contributed by atoms with van der Waals surface area (Å²) in [6.07, 6.45) is 5.42. The first-order valence-electron chi connectivity index (χ1n) is 14.1. The normalized spacial score (nSPS) is 10.8. The number of furan rings is 1. The number of anilines is 1. The van der Waals surface area contributed by atoms with E-state index in [9.17, 15) is 19.2 Å². The van der Waals surface area contributed by atoms with Crippen molar-refractivity contribution in [3.05, 3.63) is 150 Å². The Balaban J connectivity index is 1.17. The van der Waals surface area contributed by atoms with Crippen LogP contribution in [0, 0.1) is 0 Å². The van der Waals surface area contributed by atoms with Crippen molar-refractivity contribution in [2.24, 2.45) is 5.10 Å². The number of carbonyl (C=O) groups is 4. The molecule has 5 rings (SSSR count). The number of rotatable bonds is 11. The summed E-state index contributed by atoms with van der Waals surface area (Å²) in [6.45, 7) is 0. The van der Waals surface area contributed by atoms with Crippen LogP contribution in [0.1, 0.15) is 42.4 Å². The van der Waals surface area contributed by atoms with E-state index in [4.69, 9.17) is 18.6 Å². The third kappa shape index (κ3) is 8.67. The van der Waals surface area contributed by atoms with Gasteiger partial charge in [0.1, 0.15) is 17.2 Å². The fourth-order valence-corrected chi connectivity index (χ4v) is 4.11. The number of ether oxygens (including phenoxy) is 3. The minimum atomic E-state index is -0.689. The first-order chi connectivity index (χ1) is 22.9. The lowest BCUT2D eigenvalue weighted by Crippen LogP contribution is -2.18. The summed E-state index contributed by atoms with van der Waals surface area (Å²) in [6, 6.07) is 29.2. The van der Waals surface area contributed by atoms with Gasteiger partial charge in [0.15, 0.2) is 5.76 Å². The third-order valence-corrected chi connectivity index (χ3v) is 6.50. The molecule has 0 aliphatic heterocycles. The van der Waals surface area contributed by atoms with Crippen molar-refractivity contribution >= 4 is 41.7 Å². The number of hydrogen-bond acceptors (Lipinski definition) is 9. The van der Waals surface area contributed by atoms with Gasteiger partial charge in [-0.05, 0) is 84.9 Å². The maximum Gasteiger partial charge on any atom is 0.343 e. The van der Waals surface area contributed by atoms with Gasteiger partial charge in [-0.2, -0.15) is 5.10 Å². The predicted octanol–water partition coefficient (Wildman–Crippen LogP) is 6.14. The van der Waals surface area contributed by atoms with Gasteiger partial charge in [0.2, 0.25) is 0 Å². The van der Waals surface area contributed by atoms with E-state index in [0.717, 1.165) is 0 Å². The molecule has 0 radical (unpaired) electrons. The standard InChI is InChI=1S/C36H27N3O8/c1-44-29-19-14-26(15-20-29)36(43)47-30-9-4-2-7-24(30)16-21-33(40)46-31-10-5-3-8-27(31)23-37-39-34(41)25-12-17-28(18-13-25)38-35(42)32-11-6-22-45-32/h2-23H,1H3,(H,38,42)(H,39,41)/b21-16+,37-23+. The average molecular weight is 630 g/mol. The molecular weight excluding hydrogens is 602 g/mol. The highest BCUT2D eigenvalue weighted by Gasteiger charge is 2.13. The smallest absolute Gasteiger partial charge is 0.343 e.